The Balaban J connectivity index is 0.000000460. The van der Waals surface area contributed by atoms with Crippen molar-refractivity contribution in [3.05, 3.63) is 330 Å². The third kappa shape index (κ3) is 43.6. The van der Waals surface area contributed by atoms with E-state index in [9.17, 15) is 9.90 Å². The van der Waals surface area contributed by atoms with Gasteiger partial charge in [0.15, 0.2) is 0 Å². The minimum Gasteiger partial charge on any atom is -0.508 e. The monoisotopic (exact) mass is 1690 g/mol. The Hall–Kier alpha value is -8.78. The molecular formula is C113H160BrNO5. The molecule has 0 spiro atoms. The Labute approximate surface area is 741 Å². The summed E-state index contributed by atoms with van der Waals surface area (Å²) in [6.45, 7) is 76.2. The quantitative estimate of drug-likeness (QED) is 0.160. The van der Waals surface area contributed by atoms with Crippen molar-refractivity contribution in [1.82, 2.24) is 4.98 Å². The Morgan fingerprint density at radius 1 is 0.392 bits per heavy atom. The van der Waals surface area contributed by atoms with Crippen LogP contribution in [0.4, 0.5) is 0 Å². The van der Waals surface area contributed by atoms with Gasteiger partial charge in [0.2, 0.25) is 0 Å². The molecule has 0 fully saturated rings. The molecular weight excluding hydrogens is 1530 g/mol. The number of rotatable bonds is 7. The number of esters is 1. The second-order valence-corrected chi connectivity index (χ2v) is 43.4. The molecule has 0 amide bonds. The number of allylic oxidation sites excluding steroid dienone is 1. The van der Waals surface area contributed by atoms with Crippen LogP contribution in [-0.2, 0) is 73.1 Å². The molecule has 1 aliphatic rings. The molecule has 120 heavy (non-hydrogen) atoms. The zero-order chi connectivity index (χ0) is 90.5. The Kier molecular flexibility index (Phi) is 42.0. The third-order valence-corrected chi connectivity index (χ3v) is 20.2. The summed E-state index contributed by atoms with van der Waals surface area (Å²) in [6, 6.07) is 75.3. The van der Waals surface area contributed by atoms with Crippen LogP contribution in [0.15, 0.2) is 235 Å². The predicted molar refractivity (Wildman–Crippen MR) is 528 cm³/mol. The average molecular weight is 1690 g/mol. The first-order valence-electron chi connectivity index (χ1n) is 42.7. The van der Waals surface area contributed by atoms with Crippen LogP contribution >= 0.6 is 15.9 Å². The molecule has 0 unspecified atom stereocenters. The van der Waals surface area contributed by atoms with Gasteiger partial charge in [-0.05, 0) is 233 Å². The fourth-order valence-corrected chi connectivity index (χ4v) is 12.4. The number of phenolic OH excluding ortho intramolecular Hbond substituents is 1. The number of fused-ring (bicyclic) bond motifs is 1. The lowest BCUT2D eigenvalue weighted by Gasteiger charge is -2.22. The van der Waals surface area contributed by atoms with Crippen molar-refractivity contribution >= 4 is 28.0 Å². The number of benzene rings is 9. The summed E-state index contributed by atoms with van der Waals surface area (Å²) in [5.41, 5.74) is 23.9. The SMILES string of the molecule is C.CC(C)(C)Cc1cccc(O)c1.CC(C)(C)c1ccc(Oc2ccccc2)cc1.CC(C)(C)c1cnc2c(c1)C=CC2.COc1cc(C(C)(C)C)ccc1CC(=O)OC(C)(C)C.Cc1cc(C(C)(C)C)ccc1Br.Cc1ccc(C(C)(C)C)cc1.Cc1ccc(C(C)(C)C)cc1.Cc1cccc(C(C)(C)C)c1.Cc1cccc(CC(C)(C)C)c1. The Morgan fingerprint density at radius 3 is 1.18 bits per heavy atom. The fraction of sp³-hybridized carbons (Fsp3) is 0.451. The average Bonchev–Trinajstić information content (AvgIpc) is 1.48. The summed E-state index contributed by atoms with van der Waals surface area (Å²) < 4.78 is 17.7. The smallest absolute Gasteiger partial charge is 0.310 e. The molecule has 654 valence electrons. The van der Waals surface area contributed by atoms with E-state index < -0.39 is 5.60 Å². The lowest BCUT2D eigenvalue weighted by Crippen LogP contribution is -2.25. The van der Waals surface area contributed by atoms with Crippen LogP contribution in [0.1, 0.15) is 310 Å². The highest BCUT2D eigenvalue weighted by Crippen LogP contribution is 2.34. The summed E-state index contributed by atoms with van der Waals surface area (Å²) >= 11 is 3.50. The summed E-state index contributed by atoms with van der Waals surface area (Å²) in [5, 5.41) is 9.21. The van der Waals surface area contributed by atoms with Crippen LogP contribution in [0.2, 0.25) is 0 Å². The molecule has 0 atom stereocenters. The van der Waals surface area contributed by atoms with E-state index in [2.05, 4.69) is 388 Å². The molecule has 1 heterocycles. The molecule has 10 aromatic rings. The van der Waals surface area contributed by atoms with Gasteiger partial charge in [0.1, 0.15) is 28.6 Å². The highest BCUT2D eigenvalue weighted by Gasteiger charge is 2.23. The van der Waals surface area contributed by atoms with Gasteiger partial charge < -0.3 is 19.3 Å². The first-order valence-corrected chi connectivity index (χ1v) is 43.5. The Bertz CT molecular complexity index is 4570. The van der Waals surface area contributed by atoms with Crippen LogP contribution in [0.3, 0.4) is 0 Å². The first kappa shape index (κ1) is 107. The number of pyridine rings is 1. The van der Waals surface area contributed by atoms with Crippen LogP contribution in [0.5, 0.6) is 23.0 Å². The van der Waals surface area contributed by atoms with Gasteiger partial charge in [-0.15, -0.1) is 0 Å². The fourth-order valence-electron chi connectivity index (χ4n) is 12.1. The molecule has 0 saturated heterocycles. The van der Waals surface area contributed by atoms with E-state index in [-0.39, 0.29) is 63.1 Å². The van der Waals surface area contributed by atoms with Crippen LogP contribution in [0.25, 0.3) is 6.08 Å². The summed E-state index contributed by atoms with van der Waals surface area (Å²) in [6.07, 6.45) is 9.73. The normalized spacial score (nSPS) is 11.9. The van der Waals surface area contributed by atoms with E-state index in [0.717, 1.165) is 42.1 Å². The molecule has 1 N–H and O–H groups in total. The Morgan fingerprint density at radius 2 is 0.783 bits per heavy atom. The summed E-state index contributed by atoms with van der Waals surface area (Å²) in [5.74, 6) is 2.61. The molecule has 1 aliphatic carbocycles. The van der Waals surface area contributed by atoms with Gasteiger partial charge in [0, 0.05) is 22.7 Å². The van der Waals surface area contributed by atoms with Gasteiger partial charge >= 0.3 is 5.97 Å². The molecule has 0 saturated carbocycles. The molecule has 0 bridgehead atoms. The number of carbonyl (C=O) groups is 1. The standard InChI is InChI=1S/C17H26O3.C16H18O.C12H15N.C12H18.C11H15Br.C11H16O.3C11H16.CH4/c1-16(2,3)13-9-8-12(14(11-13)19-7)10-15(18)20-17(4,5)6;1-16(2,3)13-9-11-15(12-10-13)17-14-7-5-4-6-8-14;1-12(2,3)10-7-9-5-4-6-11(9)13-8-10;1-10-6-5-7-11(8-10)9-12(2,3)4;1-8-7-9(11(2,3)4)5-6-10(8)12;1-11(2,3)8-9-5-4-6-10(12)7-9;2*1-9-5-7-10(8-6-9)11(2,3)4;1-9-6-5-7-10(8-9)11(2,3)4;/h8-9,11H,10H2,1-7H3;4-12H,1-3H3;4-5,7-8H,6H2,1-3H3;5-8H,9H2,1-4H3;5-7H,1-4H3;4-7,12H,8H2,1-3H3;3*5-8H,1-4H3;1H4. The number of methoxy groups -OCH3 is 1. The number of ether oxygens (including phenoxy) is 3. The van der Waals surface area contributed by atoms with Gasteiger partial charge in [-0.3, -0.25) is 9.78 Å². The summed E-state index contributed by atoms with van der Waals surface area (Å²) in [7, 11) is 1.63. The van der Waals surface area contributed by atoms with E-state index >= 15 is 0 Å². The number of hydrogen-bond donors (Lipinski definition) is 1. The number of phenols is 1. The maximum Gasteiger partial charge on any atom is 0.310 e. The van der Waals surface area contributed by atoms with Gasteiger partial charge in [-0.1, -0.05) is 408 Å². The second kappa shape index (κ2) is 47.0. The number of aromatic hydroxyl groups is 1. The van der Waals surface area contributed by atoms with Gasteiger partial charge in [-0.25, -0.2) is 0 Å². The highest BCUT2D eigenvalue weighted by molar-refractivity contribution is 9.10. The van der Waals surface area contributed by atoms with E-state index in [1.54, 1.807) is 13.2 Å². The van der Waals surface area contributed by atoms with Crippen LogP contribution in [-0.4, -0.2) is 28.8 Å². The second-order valence-electron chi connectivity index (χ2n) is 42.5. The lowest BCUT2D eigenvalue weighted by atomic mass is 9.86. The number of aryl methyl sites for hydroxylation is 5. The van der Waals surface area contributed by atoms with Crippen molar-refractivity contribution in [3.63, 3.8) is 0 Å². The molecule has 9 aromatic carbocycles. The van der Waals surface area contributed by atoms with Gasteiger partial charge in [0.05, 0.1) is 19.2 Å². The molecule has 0 aliphatic heterocycles. The topological polar surface area (TPSA) is 77.9 Å². The van der Waals surface area contributed by atoms with E-state index in [1.165, 1.54) is 93.6 Å². The van der Waals surface area contributed by atoms with Gasteiger partial charge in [-0.2, -0.15) is 0 Å². The summed E-state index contributed by atoms with van der Waals surface area (Å²) in [4.78, 5) is 16.4. The van der Waals surface area contributed by atoms with Gasteiger partial charge in [0.25, 0.3) is 0 Å². The first-order chi connectivity index (χ1) is 54.5. The lowest BCUT2D eigenvalue weighted by molar-refractivity contribution is -0.153. The highest BCUT2D eigenvalue weighted by atomic mass is 79.9. The van der Waals surface area contributed by atoms with E-state index in [0.29, 0.717) is 11.2 Å². The largest absolute Gasteiger partial charge is 0.508 e. The van der Waals surface area contributed by atoms with Crippen LogP contribution in [0, 0.1) is 45.4 Å². The number of para-hydroxylation sites is 1. The predicted octanol–water partition coefficient (Wildman–Crippen LogP) is 32.7. The van der Waals surface area contributed by atoms with Crippen molar-refractivity contribution in [1.29, 1.82) is 0 Å². The molecule has 1 aromatic heterocycles. The number of hydrogen-bond acceptors (Lipinski definition) is 6. The number of nitrogens with zero attached hydrogens (tertiary/aromatic N) is 1. The van der Waals surface area contributed by atoms with Crippen molar-refractivity contribution in [2.24, 2.45) is 10.8 Å². The maximum atomic E-state index is 11.9. The van der Waals surface area contributed by atoms with E-state index in [1.807, 2.05) is 106 Å². The minimum absolute atomic E-state index is 0. The van der Waals surface area contributed by atoms with Crippen molar-refractivity contribution in [2.45, 2.75) is 319 Å². The molecule has 7 heteroatoms. The van der Waals surface area contributed by atoms with Crippen molar-refractivity contribution in [2.75, 3.05) is 7.11 Å². The maximum absolute atomic E-state index is 11.9. The zero-order valence-electron chi connectivity index (χ0n) is 80.8. The molecule has 6 nitrogen and oxygen atoms in total. The van der Waals surface area contributed by atoms with Crippen molar-refractivity contribution in [3.8, 4) is 23.0 Å². The zero-order valence-corrected chi connectivity index (χ0v) is 82.3. The molecule has 0 radical (unpaired) electrons. The minimum atomic E-state index is -0.463. The number of halogens is 1. The number of carbonyl (C=O) groups excluding carboxylic acids is 1. The number of aromatic nitrogens is 1. The third-order valence-electron chi connectivity index (χ3n) is 19.3. The molecule has 11 rings (SSSR count). The van der Waals surface area contributed by atoms with Crippen LogP contribution < -0.4 is 9.47 Å². The van der Waals surface area contributed by atoms with E-state index in [4.69, 9.17) is 14.2 Å². The van der Waals surface area contributed by atoms with Crippen molar-refractivity contribution < 1.29 is 24.1 Å².